The number of aliphatic hydroxyl groups excluding tert-OH is 1. The predicted molar refractivity (Wildman–Crippen MR) is 63.8 cm³/mol. The lowest BCUT2D eigenvalue weighted by Crippen LogP contribution is -1.91. The van der Waals surface area contributed by atoms with Crippen LogP contribution in [0.2, 0.25) is 5.02 Å². The van der Waals surface area contributed by atoms with Gasteiger partial charge in [-0.05, 0) is 18.2 Å². The average molecular weight is 253 g/mol. The van der Waals surface area contributed by atoms with Gasteiger partial charge >= 0.3 is 0 Å². The third-order valence-corrected chi connectivity index (χ3v) is 2.55. The first kappa shape index (κ1) is 11.9. The van der Waals surface area contributed by atoms with Crippen molar-refractivity contribution in [3.63, 3.8) is 0 Å². The minimum Gasteiger partial charge on any atom is -0.457 e. The summed E-state index contributed by atoms with van der Waals surface area (Å²) in [6.45, 7) is -0.120. The van der Waals surface area contributed by atoms with Gasteiger partial charge in [0.2, 0.25) is 0 Å². The molecule has 2 aromatic rings. The third kappa shape index (κ3) is 2.75. The van der Waals surface area contributed by atoms with Gasteiger partial charge < -0.3 is 9.84 Å². The SMILES string of the molecule is OCc1ccccc1Oc1ccc(F)c(Cl)c1. The van der Waals surface area contributed by atoms with Crippen molar-refractivity contribution in [3.8, 4) is 11.5 Å². The second-order valence-electron chi connectivity index (χ2n) is 3.44. The summed E-state index contributed by atoms with van der Waals surface area (Å²) in [7, 11) is 0. The Balaban J connectivity index is 2.28. The van der Waals surface area contributed by atoms with Crippen LogP contribution in [0, 0.1) is 5.82 Å². The van der Waals surface area contributed by atoms with Crippen LogP contribution in [0.1, 0.15) is 5.56 Å². The van der Waals surface area contributed by atoms with E-state index in [1.165, 1.54) is 18.2 Å². The Morgan fingerprint density at radius 2 is 1.94 bits per heavy atom. The molecule has 0 atom stereocenters. The fourth-order valence-electron chi connectivity index (χ4n) is 1.40. The molecule has 2 aromatic carbocycles. The summed E-state index contributed by atoms with van der Waals surface area (Å²) in [6, 6.07) is 11.2. The molecule has 1 N–H and O–H groups in total. The van der Waals surface area contributed by atoms with Crippen LogP contribution >= 0.6 is 11.6 Å². The van der Waals surface area contributed by atoms with E-state index in [1.807, 2.05) is 0 Å². The van der Waals surface area contributed by atoms with Gasteiger partial charge in [-0.1, -0.05) is 29.8 Å². The maximum absolute atomic E-state index is 13.0. The standard InChI is InChI=1S/C13H10ClFO2/c14-11-7-10(5-6-12(11)15)17-13-4-2-1-3-9(13)8-16/h1-7,16H,8H2. The molecule has 0 aliphatic carbocycles. The molecule has 0 saturated heterocycles. The van der Waals surface area contributed by atoms with Crippen molar-refractivity contribution < 1.29 is 14.2 Å². The first-order valence-corrected chi connectivity index (χ1v) is 5.40. The molecular weight excluding hydrogens is 243 g/mol. The van der Waals surface area contributed by atoms with Gasteiger partial charge in [0.15, 0.2) is 0 Å². The minimum absolute atomic E-state index is 0.00368. The average Bonchev–Trinajstić information content (AvgIpc) is 2.34. The summed E-state index contributed by atoms with van der Waals surface area (Å²) < 4.78 is 18.5. The molecule has 0 fully saturated rings. The predicted octanol–water partition coefficient (Wildman–Crippen LogP) is 3.76. The van der Waals surface area contributed by atoms with Gasteiger partial charge in [0, 0.05) is 11.6 Å². The largest absolute Gasteiger partial charge is 0.457 e. The van der Waals surface area contributed by atoms with E-state index in [9.17, 15) is 4.39 Å². The van der Waals surface area contributed by atoms with Crippen molar-refractivity contribution in [3.05, 3.63) is 58.9 Å². The van der Waals surface area contributed by atoms with Gasteiger partial charge in [0.25, 0.3) is 0 Å². The van der Waals surface area contributed by atoms with Crippen LogP contribution < -0.4 is 4.74 Å². The Hall–Kier alpha value is -1.58. The molecule has 0 unspecified atom stereocenters. The van der Waals surface area contributed by atoms with E-state index in [0.717, 1.165) is 0 Å². The van der Waals surface area contributed by atoms with Crippen molar-refractivity contribution in [2.24, 2.45) is 0 Å². The first-order chi connectivity index (χ1) is 8.20. The monoisotopic (exact) mass is 252 g/mol. The van der Waals surface area contributed by atoms with Gasteiger partial charge in [-0.15, -0.1) is 0 Å². The smallest absolute Gasteiger partial charge is 0.142 e. The van der Waals surface area contributed by atoms with E-state index < -0.39 is 5.82 Å². The van der Waals surface area contributed by atoms with Gasteiger partial charge in [0.1, 0.15) is 17.3 Å². The van der Waals surface area contributed by atoms with Crippen LogP contribution in [-0.2, 0) is 6.61 Å². The molecule has 2 rings (SSSR count). The Labute approximate surface area is 103 Å². The second kappa shape index (κ2) is 5.17. The van der Waals surface area contributed by atoms with E-state index in [-0.39, 0.29) is 11.6 Å². The van der Waals surface area contributed by atoms with Crippen LogP contribution in [0.25, 0.3) is 0 Å². The van der Waals surface area contributed by atoms with Gasteiger partial charge in [-0.25, -0.2) is 4.39 Å². The zero-order chi connectivity index (χ0) is 12.3. The normalized spacial score (nSPS) is 10.3. The highest BCUT2D eigenvalue weighted by Crippen LogP contribution is 2.28. The quantitative estimate of drug-likeness (QED) is 0.901. The molecule has 0 saturated carbocycles. The van der Waals surface area contributed by atoms with Crippen molar-refractivity contribution in [2.75, 3.05) is 0 Å². The van der Waals surface area contributed by atoms with Crippen LogP contribution in [0.15, 0.2) is 42.5 Å². The number of para-hydroxylation sites is 1. The maximum Gasteiger partial charge on any atom is 0.142 e. The summed E-state index contributed by atoms with van der Waals surface area (Å²) in [4.78, 5) is 0. The van der Waals surface area contributed by atoms with Crippen molar-refractivity contribution in [1.82, 2.24) is 0 Å². The maximum atomic E-state index is 13.0. The van der Waals surface area contributed by atoms with Crippen LogP contribution in [-0.4, -0.2) is 5.11 Å². The Kier molecular flexibility index (Phi) is 3.61. The van der Waals surface area contributed by atoms with Crippen molar-refractivity contribution in [1.29, 1.82) is 0 Å². The molecule has 0 aromatic heterocycles. The summed E-state index contributed by atoms with van der Waals surface area (Å²) in [5, 5.41) is 9.13. The number of benzene rings is 2. The number of halogens is 2. The van der Waals surface area contributed by atoms with E-state index >= 15 is 0 Å². The van der Waals surface area contributed by atoms with E-state index in [0.29, 0.717) is 17.1 Å². The molecule has 17 heavy (non-hydrogen) atoms. The van der Waals surface area contributed by atoms with Crippen LogP contribution in [0.4, 0.5) is 4.39 Å². The topological polar surface area (TPSA) is 29.5 Å². The van der Waals surface area contributed by atoms with Crippen molar-refractivity contribution in [2.45, 2.75) is 6.61 Å². The van der Waals surface area contributed by atoms with E-state index in [2.05, 4.69) is 0 Å². The highest BCUT2D eigenvalue weighted by molar-refractivity contribution is 6.30. The molecule has 0 radical (unpaired) electrons. The van der Waals surface area contributed by atoms with Gasteiger partial charge in [0.05, 0.1) is 11.6 Å². The third-order valence-electron chi connectivity index (χ3n) is 2.26. The Bertz CT molecular complexity index is 529. The summed E-state index contributed by atoms with van der Waals surface area (Å²) >= 11 is 5.65. The van der Waals surface area contributed by atoms with Gasteiger partial charge in [-0.3, -0.25) is 0 Å². The van der Waals surface area contributed by atoms with Gasteiger partial charge in [-0.2, -0.15) is 0 Å². The fraction of sp³-hybridized carbons (Fsp3) is 0.0769. The van der Waals surface area contributed by atoms with E-state index in [4.69, 9.17) is 21.4 Å². The molecule has 0 spiro atoms. The van der Waals surface area contributed by atoms with Crippen LogP contribution in [0.5, 0.6) is 11.5 Å². The van der Waals surface area contributed by atoms with E-state index in [1.54, 1.807) is 24.3 Å². The zero-order valence-corrected chi connectivity index (χ0v) is 9.62. The minimum atomic E-state index is -0.491. The summed E-state index contributed by atoms with van der Waals surface area (Å²) in [5.74, 6) is 0.462. The molecule has 4 heteroatoms. The molecule has 0 aliphatic heterocycles. The molecule has 0 bridgehead atoms. The lowest BCUT2D eigenvalue weighted by molar-refractivity contribution is 0.276. The first-order valence-electron chi connectivity index (χ1n) is 5.02. The number of hydrogen-bond donors (Lipinski definition) is 1. The number of aliphatic hydroxyl groups is 1. The lowest BCUT2D eigenvalue weighted by Gasteiger charge is -2.09. The number of rotatable bonds is 3. The Morgan fingerprint density at radius 3 is 2.65 bits per heavy atom. The second-order valence-corrected chi connectivity index (χ2v) is 3.85. The highest BCUT2D eigenvalue weighted by Gasteiger charge is 2.05. The molecule has 88 valence electrons. The number of hydrogen-bond acceptors (Lipinski definition) is 2. The summed E-state index contributed by atoms with van der Waals surface area (Å²) in [6.07, 6.45) is 0. The van der Waals surface area contributed by atoms with Crippen LogP contribution in [0.3, 0.4) is 0 Å². The molecule has 0 heterocycles. The molecule has 0 amide bonds. The lowest BCUT2D eigenvalue weighted by atomic mass is 10.2. The number of ether oxygens (including phenoxy) is 1. The summed E-state index contributed by atoms with van der Waals surface area (Å²) in [5.41, 5.74) is 0.660. The molecular formula is C13H10ClFO2. The molecule has 0 aliphatic rings. The van der Waals surface area contributed by atoms with Crippen molar-refractivity contribution >= 4 is 11.6 Å². The fourth-order valence-corrected chi connectivity index (χ4v) is 1.57. The Morgan fingerprint density at radius 1 is 1.18 bits per heavy atom. The zero-order valence-electron chi connectivity index (χ0n) is 8.86. The molecule has 2 nitrogen and oxygen atoms in total. The highest BCUT2D eigenvalue weighted by atomic mass is 35.5.